The zero-order valence-electron chi connectivity index (χ0n) is 10.7. The summed E-state index contributed by atoms with van der Waals surface area (Å²) in [6.45, 7) is 1.05. The monoisotopic (exact) mass is 304 g/mol. The minimum absolute atomic E-state index is 0.0898. The van der Waals surface area contributed by atoms with Crippen molar-refractivity contribution < 1.29 is 8.42 Å². The third-order valence-corrected chi connectivity index (χ3v) is 6.29. The molecule has 0 aliphatic carbocycles. The van der Waals surface area contributed by atoms with Crippen LogP contribution in [0, 0.1) is 0 Å². The van der Waals surface area contributed by atoms with Crippen LogP contribution in [0.5, 0.6) is 0 Å². The van der Waals surface area contributed by atoms with Crippen molar-refractivity contribution in [1.82, 2.24) is 19.4 Å². The van der Waals surface area contributed by atoms with Crippen LogP contribution in [0.4, 0.5) is 0 Å². The molecule has 0 amide bonds. The third-order valence-electron chi connectivity index (χ3n) is 3.91. The van der Waals surface area contributed by atoms with Crippen LogP contribution < -0.4 is 5.32 Å². The Balaban J connectivity index is 1.92. The SMILES string of the molecule is Cn1ncc(Cl)c1S(=O)(=O)N1CCC2CCC(C1)N2. The van der Waals surface area contributed by atoms with E-state index in [0.717, 1.165) is 19.3 Å². The highest BCUT2D eigenvalue weighted by atomic mass is 35.5. The van der Waals surface area contributed by atoms with E-state index in [0.29, 0.717) is 19.1 Å². The summed E-state index contributed by atoms with van der Waals surface area (Å²) in [5.41, 5.74) is 0. The van der Waals surface area contributed by atoms with Crippen LogP contribution in [-0.2, 0) is 17.1 Å². The highest BCUT2D eigenvalue weighted by molar-refractivity contribution is 7.89. The summed E-state index contributed by atoms with van der Waals surface area (Å²) in [4.78, 5) is 0. The minimum atomic E-state index is -3.56. The normalized spacial score (nSPS) is 28.5. The van der Waals surface area contributed by atoms with Gasteiger partial charge in [-0.1, -0.05) is 11.6 Å². The van der Waals surface area contributed by atoms with Crippen LogP contribution in [0.1, 0.15) is 19.3 Å². The molecule has 2 saturated heterocycles. The fraction of sp³-hybridized carbons (Fsp3) is 0.727. The average molecular weight is 305 g/mol. The highest BCUT2D eigenvalue weighted by Gasteiger charge is 2.37. The maximum atomic E-state index is 12.7. The van der Waals surface area contributed by atoms with Crippen LogP contribution in [0.3, 0.4) is 0 Å². The molecule has 6 nitrogen and oxygen atoms in total. The Morgan fingerprint density at radius 3 is 2.79 bits per heavy atom. The summed E-state index contributed by atoms with van der Waals surface area (Å²) in [6, 6.07) is 0.710. The van der Waals surface area contributed by atoms with Crippen molar-refractivity contribution in [3.63, 3.8) is 0 Å². The molecule has 8 heteroatoms. The van der Waals surface area contributed by atoms with Gasteiger partial charge in [0, 0.05) is 32.2 Å². The van der Waals surface area contributed by atoms with E-state index >= 15 is 0 Å². The number of rotatable bonds is 2. The summed E-state index contributed by atoms with van der Waals surface area (Å²) in [5, 5.41) is 7.65. The quantitative estimate of drug-likeness (QED) is 0.868. The molecule has 0 saturated carbocycles. The number of aromatic nitrogens is 2. The molecule has 2 fully saturated rings. The van der Waals surface area contributed by atoms with E-state index in [4.69, 9.17) is 11.6 Å². The predicted octanol–water partition coefficient (Wildman–Crippen LogP) is 0.589. The van der Waals surface area contributed by atoms with E-state index in [1.54, 1.807) is 7.05 Å². The predicted molar refractivity (Wildman–Crippen MR) is 71.5 cm³/mol. The highest BCUT2D eigenvalue weighted by Crippen LogP contribution is 2.28. The van der Waals surface area contributed by atoms with Crippen molar-refractivity contribution >= 4 is 21.6 Å². The molecular weight excluding hydrogens is 288 g/mol. The molecule has 3 rings (SSSR count). The zero-order valence-corrected chi connectivity index (χ0v) is 12.3. The molecule has 2 bridgehead atoms. The standard InChI is InChI=1S/C11H17ClN4O2S/c1-15-11(10(12)6-13-15)19(17,18)16-5-4-8-2-3-9(7-16)14-8/h6,8-9,14H,2-5,7H2,1H3. The topological polar surface area (TPSA) is 67.2 Å². The molecule has 2 aliphatic rings. The largest absolute Gasteiger partial charge is 0.310 e. The third kappa shape index (κ3) is 2.29. The molecule has 1 N–H and O–H groups in total. The van der Waals surface area contributed by atoms with Gasteiger partial charge in [0.05, 0.1) is 11.2 Å². The van der Waals surface area contributed by atoms with Crippen molar-refractivity contribution in [2.24, 2.45) is 7.05 Å². The second-order valence-corrected chi connectivity index (χ2v) is 7.47. The first-order valence-corrected chi connectivity index (χ1v) is 8.24. The molecule has 0 aromatic carbocycles. The van der Waals surface area contributed by atoms with Crippen LogP contribution in [0.15, 0.2) is 11.2 Å². The second kappa shape index (κ2) is 4.73. The Kier molecular flexibility index (Phi) is 3.33. The van der Waals surface area contributed by atoms with Crippen LogP contribution in [-0.4, -0.2) is 47.7 Å². The fourth-order valence-corrected chi connectivity index (χ4v) is 5.05. The van der Waals surface area contributed by atoms with Crippen LogP contribution in [0.25, 0.3) is 0 Å². The van der Waals surface area contributed by atoms with Gasteiger partial charge in [0.25, 0.3) is 10.0 Å². The number of fused-ring (bicyclic) bond motifs is 2. The summed E-state index contributed by atoms with van der Waals surface area (Å²) in [5.74, 6) is 0. The summed E-state index contributed by atoms with van der Waals surface area (Å²) < 4.78 is 28.2. The maximum absolute atomic E-state index is 12.7. The molecule has 0 spiro atoms. The number of nitrogens with zero attached hydrogens (tertiary/aromatic N) is 3. The van der Waals surface area contributed by atoms with Crippen molar-refractivity contribution in [2.75, 3.05) is 13.1 Å². The van der Waals surface area contributed by atoms with Gasteiger partial charge >= 0.3 is 0 Å². The Morgan fingerprint density at radius 1 is 1.37 bits per heavy atom. The van der Waals surface area contributed by atoms with Gasteiger partial charge < -0.3 is 5.32 Å². The number of sulfonamides is 1. The smallest absolute Gasteiger partial charge is 0.261 e. The van der Waals surface area contributed by atoms with Gasteiger partial charge in [-0.15, -0.1) is 0 Å². The van der Waals surface area contributed by atoms with Gasteiger partial charge in [-0.25, -0.2) is 8.42 Å². The van der Waals surface area contributed by atoms with E-state index in [9.17, 15) is 8.42 Å². The molecule has 1 aromatic rings. The Bertz CT molecular complexity index is 566. The molecular formula is C11H17ClN4O2S. The van der Waals surface area contributed by atoms with Crippen molar-refractivity contribution in [3.8, 4) is 0 Å². The molecule has 0 radical (unpaired) electrons. The van der Waals surface area contributed by atoms with Crippen LogP contribution in [0.2, 0.25) is 5.02 Å². The Hall–Kier alpha value is -0.630. The van der Waals surface area contributed by atoms with E-state index in [1.807, 2.05) is 0 Å². The van der Waals surface area contributed by atoms with Crippen LogP contribution >= 0.6 is 11.6 Å². The van der Waals surface area contributed by atoms with Crippen molar-refractivity contribution in [3.05, 3.63) is 11.2 Å². The first-order valence-electron chi connectivity index (χ1n) is 6.42. The van der Waals surface area contributed by atoms with Gasteiger partial charge in [0.2, 0.25) is 0 Å². The zero-order chi connectivity index (χ0) is 13.6. The molecule has 19 heavy (non-hydrogen) atoms. The van der Waals surface area contributed by atoms with Gasteiger partial charge in [-0.05, 0) is 19.3 Å². The van der Waals surface area contributed by atoms with Gasteiger partial charge in [0.15, 0.2) is 5.03 Å². The van der Waals surface area contributed by atoms with E-state index in [2.05, 4.69) is 10.4 Å². The van der Waals surface area contributed by atoms with Gasteiger partial charge in [0.1, 0.15) is 0 Å². The number of hydrogen-bond acceptors (Lipinski definition) is 4. The molecule has 2 aliphatic heterocycles. The Morgan fingerprint density at radius 2 is 2.11 bits per heavy atom. The number of nitrogens with one attached hydrogen (secondary N) is 1. The molecule has 1 aromatic heterocycles. The lowest BCUT2D eigenvalue weighted by Crippen LogP contribution is -2.39. The fourth-order valence-electron chi connectivity index (χ4n) is 2.94. The minimum Gasteiger partial charge on any atom is -0.310 e. The van der Waals surface area contributed by atoms with Crippen molar-refractivity contribution in [1.29, 1.82) is 0 Å². The summed E-state index contributed by atoms with van der Waals surface area (Å²) >= 11 is 5.96. The van der Waals surface area contributed by atoms with Crippen molar-refractivity contribution in [2.45, 2.75) is 36.4 Å². The number of hydrogen-bond donors (Lipinski definition) is 1. The molecule has 106 valence electrons. The number of halogens is 1. The number of aryl methyl sites for hydroxylation is 1. The molecule has 3 heterocycles. The van der Waals surface area contributed by atoms with E-state index in [1.165, 1.54) is 15.2 Å². The lowest BCUT2D eigenvalue weighted by Gasteiger charge is -2.23. The first kappa shape index (κ1) is 13.4. The molecule has 2 atom stereocenters. The summed E-state index contributed by atoms with van der Waals surface area (Å²) in [6.07, 6.45) is 4.41. The van der Waals surface area contributed by atoms with E-state index < -0.39 is 10.0 Å². The lowest BCUT2D eigenvalue weighted by atomic mass is 10.1. The lowest BCUT2D eigenvalue weighted by molar-refractivity contribution is 0.379. The first-order chi connectivity index (χ1) is 8.98. The average Bonchev–Trinajstić information content (AvgIpc) is 2.81. The summed E-state index contributed by atoms with van der Waals surface area (Å²) in [7, 11) is -1.97. The van der Waals surface area contributed by atoms with Gasteiger partial charge in [-0.2, -0.15) is 9.40 Å². The molecule has 2 unspecified atom stereocenters. The Labute approximate surface area is 117 Å². The maximum Gasteiger partial charge on any atom is 0.261 e. The van der Waals surface area contributed by atoms with Gasteiger partial charge in [-0.3, -0.25) is 4.68 Å². The second-order valence-electron chi connectivity index (χ2n) is 5.21. The van der Waals surface area contributed by atoms with E-state index in [-0.39, 0.29) is 16.1 Å².